The first-order valence-electron chi connectivity index (χ1n) is 9.92. The molecule has 2 aromatic carbocycles. The number of halogens is 1. The predicted molar refractivity (Wildman–Crippen MR) is 116 cm³/mol. The van der Waals surface area contributed by atoms with Crippen LogP contribution in [0.4, 0.5) is 5.82 Å². The summed E-state index contributed by atoms with van der Waals surface area (Å²) in [6.07, 6.45) is 2.46. The minimum absolute atomic E-state index is 0.500. The van der Waals surface area contributed by atoms with E-state index in [1.165, 1.54) is 12.8 Å². The van der Waals surface area contributed by atoms with Gasteiger partial charge >= 0.3 is 0 Å². The molecule has 0 bridgehead atoms. The number of pyridine rings is 1. The summed E-state index contributed by atoms with van der Waals surface area (Å²) in [4.78, 5) is 11.9. The quantitative estimate of drug-likeness (QED) is 0.429. The van der Waals surface area contributed by atoms with E-state index in [1.807, 2.05) is 48.5 Å². The van der Waals surface area contributed by atoms with Crippen LogP contribution >= 0.6 is 11.6 Å². The molecular formula is C23H21ClN4O. The summed E-state index contributed by atoms with van der Waals surface area (Å²) in [5.41, 5.74) is 2.72. The lowest BCUT2D eigenvalue weighted by Gasteiger charge is -2.32. The van der Waals surface area contributed by atoms with Gasteiger partial charge in [0.1, 0.15) is 5.82 Å². The van der Waals surface area contributed by atoms with E-state index in [-0.39, 0.29) is 0 Å². The standard InChI is InChI=1S/C23H21ClN4O/c1-15-5-4-12-28(14-15)21-13-19(18-6-2-3-7-20(18)25-21)23-26-22(27-29-23)16-8-10-17(24)11-9-16/h2-3,6-11,13,15H,4-5,12,14H2,1H3. The summed E-state index contributed by atoms with van der Waals surface area (Å²) in [5, 5.41) is 5.88. The zero-order chi connectivity index (χ0) is 19.8. The van der Waals surface area contributed by atoms with Gasteiger partial charge in [-0.15, -0.1) is 0 Å². The molecule has 3 heterocycles. The first-order chi connectivity index (χ1) is 14.2. The van der Waals surface area contributed by atoms with Crippen molar-refractivity contribution in [1.82, 2.24) is 15.1 Å². The summed E-state index contributed by atoms with van der Waals surface area (Å²) < 4.78 is 5.67. The molecule has 1 atom stereocenters. The summed E-state index contributed by atoms with van der Waals surface area (Å²) in [5.74, 6) is 2.68. The molecule has 5 rings (SSSR count). The number of benzene rings is 2. The SMILES string of the molecule is CC1CCCN(c2cc(-c3nc(-c4ccc(Cl)cc4)no3)c3ccccc3n2)C1. The zero-order valence-corrected chi connectivity index (χ0v) is 16.9. The Morgan fingerprint density at radius 1 is 1.07 bits per heavy atom. The monoisotopic (exact) mass is 404 g/mol. The number of rotatable bonds is 3. The molecular weight excluding hydrogens is 384 g/mol. The Kier molecular flexibility index (Phi) is 4.68. The van der Waals surface area contributed by atoms with E-state index in [0.29, 0.717) is 22.7 Å². The van der Waals surface area contributed by atoms with Crippen LogP contribution in [0.5, 0.6) is 0 Å². The highest BCUT2D eigenvalue weighted by atomic mass is 35.5. The van der Waals surface area contributed by atoms with Gasteiger partial charge < -0.3 is 9.42 Å². The van der Waals surface area contributed by atoms with Crippen molar-refractivity contribution in [3.05, 3.63) is 59.6 Å². The number of anilines is 1. The number of aromatic nitrogens is 3. The van der Waals surface area contributed by atoms with Crippen molar-refractivity contribution in [3.63, 3.8) is 0 Å². The highest BCUT2D eigenvalue weighted by Gasteiger charge is 2.21. The predicted octanol–water partition coefficient (Wildman–Crippen LogP) is 5.84. The molecule has 0 radical (unpaired) electrons. The fourth-order valence-electron chi connectivity index (χ4n) is 3.95. The lowest BCUT2D eigenvalue weighted by atomic mass is 10.00. The molecule has 1 unspecified atom stereocenters. The van der Waals surface area contributed by atoms with E-state index in [2.05, 4.69) is 28.0 Å². The van der Waals surface area contributed by atoms with Gasteiger partial charge in [-0.2, -0.15) is 4.98 Å². The van der Waals surface area contributed by atoms with E-state index < -0.39 is 0 Å². The highest BCUT2D eigenvalue weighted by molar-refractivity contribution is 6.30. The second-order valence-corrected chi connectivity index (χ2v) is 8.11. The second kappa shape index (κ2) is 7.48. The maximum absolute atomic E-state index is 5.99. The molecule has 6 heteroatoms. The number of piperidine rings is 1. The van der Waals surface area contributed by atoms with Gasteiger partial charge in [-0.1, -0.05) is 41.9 Å². The van der Waals surface area contributed by atoms with Crippen LogP contribution in [0.1, 0.15) is 19.8 Å². The Bertz CT molecular complexity index is 1160. The van der Waals surface area contributed by atoms with Gasteiger partial charge in [0.2, 0.25) is 5.82 Å². The average Bonchev–Trinajstić information content (AvgIpc) is 3.23. The number of nitrogens with zero attached hydrogens (tertiary/aromatic N) is 4. The Hall–Kier alpha value is -2.92. The van der Waals surface area contributed by atoms with E-state index in [9.17, 15) is 0 Å². The Balaban J connectivity index is 1.59. The van der Waals surface area contributed by atoms with Crippen molar-refractivity contribution in [2.75, 3.05) is 18.0 Å². The molecule has 0 N–H and O–H groups in total. The van der Waals surface area contributed by atoms with Crippen molar-refractivity contribution in [2.45, 2.75) is 19.8 Å². The molecule has 1 saturated heterocycles. The third-order valence-corrected chi connectivity index (χ3v) is 5.69. The molecule has 0 aliphatic carbocycles. The summed E-state index contributed by atoms with van der Waals surface area (Å²) >= 11 is 5.99. The Morgan fingerprint density at radius 2 is 1.90 bits per heavy atom. The molecule has 2 aromatic heterocycles. The molecule has 146 valence electrons. The molecule has 29 heavy (non-hydrogen) atoms. The van der Waals surface area contributed by atoms with E-state index in [0.717, 1.165) is 40.9 Å². The summed E-state index contributed by atoms with van der Waals surface area (Å²) in [7, 11) is 0. The summed E-state index contributed by atoms with van der Waals surface area (Å²) in [6, 6.07) is 17.6. The molecule has 0 amide bonds. The minimum atomic E-state index is 0.500. The van der Waals surface area contributed by atoms with E-state index >= 15 is 0 Å². The maximum Gasteiger partial charge on any atom is 0.259 e. The largest absolute Gasteiger partial charge is 0.356 e. The maximum atomic E-state index is 5.99. The van der Waals surface area contributed by atoms with Crippen molar-refractivity contribution in [2.24, 2.45) is 5.92 Å². The third-order valence-electron chi connectivity index (χ3n) is 5.44. The molecule has 0 spiro atoms. The van der Waals surface area contributed by atoms with Gasteiger partial charge in [-0.25, -0.2) is 4.98 Å². The second-order valence-electron chi connectivity index (χ2n) is 7.67. The van der Waals surface area contributed by atoms with E-state index in [1.54, 1.807) is 0 Å². The van der Waals surface area contributed by atoms with Crippen LogP contribution in [0.2, 0.25) is 5.02 Å². The van der Waals surface area contributed by atoms with Crippen LogP contribution in [0, 0.1) is 5.92 Å². The zero-order valence-electron chi connectivity index (χ0n) is 16.2. The first-order valence-corrected chi connectivity index (χ1v) is 10.3. The van der Waals surface area contributed by atoms with Gasteiger partial charge in [0.05, 0.1) is 11.1 Å². The molecule has 1 fully saturated rings. The van der Waals surface area contributed by atoms with Crippen LogP contribution in [0.25, 0.3) is 33.7 Å². The van der Waals surface area contributed by atoms with Crippen molar-refractivity contribution in [3.8, 4) is 22.8 Å². The molecule has 5 nitrogen and oxygen atoms in total. The fourth-order valence-corrected chi connectivity index (χ4v) is 4.07. The van der Waals surface area contributed by atoms with Crippen LogP contribution in [0.3, 0.4) is 0 Å². The van der Waals surface area contributed by atoms with Crippen molar-refractivity contribution >= 4 is 28.3 Å². The number of para-hydroxylation sites is 1. The fraction of sp³-hybridized carbons (Fsp3) is 0.261. The number of hydrogen-bond donors (Lipinski definition) is 0. The van der Waals surface area contributed by atoms with E-state index in [4.69, 9.17) is 21.1 Å². The van der Waals surface area contributed by atoms with Gasteiger partial charge in [-0.3, -0.25) is 0 Å². The topological polar surface area (TPSA) is 55.1 Å². The van der Waals surface area contributed by atoms with Crippen LogP contribution in [0.15, 0.2) is 59.1 Å². The smallest absolute Gasteiger partial charge is 0.259 e. The Labute approximate surface area is 174 Å². The molecule has 4 aromatic rings. The number of hydrogen-bond acceptors (Lipinski definition) is 5. The van der Waals surface area contributed by atoms with Gasteiger partial charge in [0, 0.05) is 29.1 Å². The van der Waals surface area contributed by atoms with Crippen molar-refractivity contribution in [1.29, 1.82) is 0 Å². The lowest BCUT2D eigenvalue weighted by Crippen LogP contribution is -2.34. The lowest BCUT2D eigenvalue weighted by molar-refractivity contribution is 0.432. The van der Waals surface area contributed by atoms with Gasteiger partial charge in [0.15, 0.2) is 0 Å². The normalized spacial score (nSPS) is 17.0. The number of fused-ring (bicyclic) bond motifs is 1. The molecule has 1 aliphatic heterocycles. The van der Waals surface area contributed by atoms with Crippen LogP contribution in [-0.2, 0) is 0 Å². The highest BCUT2D eigenvalue weighted by Crippen LogP contribution is 2.33. The first kappa shape index (κ1) is 18.1. The van der Waals surface area contributed by atoms with Crippen LogP contribution in [-0.4, -0.2) is 28.2 Å². The summed E-state index contributed by atoms with van der Waals surface area (Å²) in [6.45, 7) is 4.34. The average molecular weight is 405 g/mol. The van der Waals surface area contributed by atoms with Gasteiger partial charge in [0.25, 0.3) is 5.89 Å². The van der Waals surface area contributed by atoms with Gasteiger partial charge in [-0.05, 0) is 55.2 Å². The van der Waals surface area contributed by atoms with Crippen LogP contribution < -0.4 is 4.90 Å². The minimum Gasteiger partial charge on any atom is -0.356 e. The molecule has 1 aliphatic rings. The van der Waals surface area contributed by atoms with Crippen molar-refractivity contribution < 1.29 is 4.52 Å². The third kappa shape index (κ3) is 3.58. The Morgan fingerprint density at radius 3 is 2.72 bits per heavy atom. The molecule has 0 saturated carbocycles.